The smallest absolute Gasteiger partial charge is 0.123 e. The zero-order valence-corrected chi connectivity index (χ0v) is 12.8. The maximum absolute atomic E-state index is 13.2. The quantitative estimate of drug-likeness (QED) is 0.697. The summed E-state index contributed by atoms with van der Waals surface area (Å²) in [4.78, 5) is 0. The minimum absolute atomic E-state index is 0.144. The third-order valence-corrected chi connectivity index (χ3v) is 4.07. The number of aryl methyl sites for hydroxylation is 1. The highest BCUT2D eigenvalue weighted by Gasteiger charge is 2.17. The van der Waals surface area contributed by atoms with E-state index < -0.39 is 0 Å². The van der Waals surface area contributed by atoms with Crippen molar-refractivity contribution in [1.29, 1.82) is 0 Å². The molecule has 1 N–H and O–H groups in total. The number of hydrogen-bond acceptors (Lipinski definition) is 1. The molecule has 0 amide bonds. The van der Waals surface area contributed by atoms with Crippen molar-refractivity contribution in [2.45, 2.75) is 58.9 Å². The molecule has 108 valence electrons. The Morgan fingerprint density at radius 2 is 2.00 bits per heavy atom. The lowest BCUT2D eigenvalue weighted by molar-refractivity contribution is 0.364. The highest BCUT2D eigenvalue weighted by Crippen LogP contribution is 2.28. The summed E-state index contributed by atoms with van der Waals surface area (Å²) >= 11 is 0. The molecule has 0 radical (unpaired) electrons. The number of rotatable bonds is 8. The molecule has 2 heteroatoms. The Labute approximate surface area is 117 Å². The number of nitrogens with one attached hydrogen (secondary N) is 1. The maximum Gasteiger partial charge on any atom is 0.123 e. The van der Waals surface area contributed by atoms with E-state index in [9.17, 15) is 4.39 Å². The minimum Gasteiger partial charge on any atom is -0.313 e. The molecule has 0 aromatic heterocycles. The van der Waals surface area contributed by atoms with Gasteiger partial charge in [0.05, 0.1) is 0 Å². The Hall–Kier alpha value is -0.890. The van der Waals surface area contributed by atoms with Crippen molar-refractivity contribution < 1.29 is 4.39 Å². The highest BCUT2D eigenvalue weighted by atomic mass is 19.1. The van der Waals surface area contributed by atoms with Gasteiger partial charge in [0, 0.05) is 6.04 Å². The lowest BCUT2D eigenvalue weighted by Crippen LogP contribution is -2.21. The predicted molar refractivity (Wildman–Crippen MR) is 80.9 cm³/mol. The molecule has 1 nitrogen and oxygen atoms in total. The molecule has 1 aromatic rings. The van der Waals surface area contributed by atoms with Gasteiger partial charge < -0.3 is 5.32 Å². The van der Waals surface area contributed by atoms with Crippen molar-refractivity contribution in [3.63, 3.8) is 0 Å². The summed E-state index contributed by atoms with van der Waals surface area (Å²) in [6.07, 6.45) is 6.22. The maximum atomic E-state index is 13.2. The van der Waals surface area contributed by atoms with Gasteiger partial charge in [0.15, 0.2) is 0 Å². The fourth-order valence-electron chi connectivity index (χ4n) is 2.75. The molecule has 0 aliphatic carbocycles. The fourth-order valence-corrected chi connectivity index (χ4v) is 2.75. The van der Waals surface area contributed by atoms with Crippen LogP contribution in [-0.2, 0) is 0 Å². The molecule has 0 saturated heterocycles. The largest absolute Gasteiger partial charge is 0.313 e. The van der Waals surface area contributed by atoms with Crippen molar-refractivity contribution in [2.24, 2.45) is 5.92 Å². The average Bonchev–Trinajstić information content (AvgIpc) is 2.40. The zero-order chi connectivity index (χ0) is 14.3. The van der Waals surface area contributed by atoms with Crippen LogP contribution >= 0.6 is 0 Å². The molecule has 1 rings (SSSR count). The molecule has 2 unspecified atom stereocenters. The normalized spacial score (nSPS) is 14.4. The van der Waals surface area contributed by atoms with Crippen molar-refractivity contribution in [2.75, 3.05) is 7.05 Å². The van der Waals surface area contributed by atoms with Crippen LogP contribution in [0.1, 0.15) is 63.1 Å². The molecule has 0 bridgehead atoms. The third kappa shape index (κ3) is 4.94. The minimum atomic E-state index is -0.144. The topological polar surface area (TPSA) is 12.0 Å². The molecule has 0 saturated carbocycles. The van der Waals surface area contributed by atoms with Crippen LogP contribution in [-0.4, -0.2) is 7.05 Å². The molecule has 0 heterocycles. The van der Waals surface area contributed by atoms with E-state index in [4.69, 9.17) is 0 Å². The van der Waals surface area contributed by atoms with E-state index in [1.807, 2.05) is 20.0 Å². The Morgan fingerprint density at radius 3 is 2.53 bits per heavy atom. The van der Waals surface area contributed by atoms with Gasteiger partial charge in [-0.3, -0.25) is 0 Å². The van der Waals surface area contributed by atoms with Gasteiger partial charge in [-0.1, -0.05) is 45.6 Å². The van der Waals surface area contributed by atoms with Crippen LogP contribution in [0.15, 0.2) is 18.2 Å². The van der Waals surface area contributed by atoms with Crippen LogP contribution in [0.2, 0.25) is 0 Å². The molecule has 0 aliphatic heterocycles. The average molecular weight is 265 g/mol. The number of unbranched alkanes of at least 4 members (excludes halogenated alkanes) is 1. The molecule has 0 fully saturated rings. The first kappa shape index (κ1) is 16.2. The Kier molecular flexibility index (Phi) is 7.07. The van der Waals surface area contributed by atoms with E-state index in [2.05, 4.69) is 19.2 Å². The number of benzene rings is 1. The predicted octanol–water partition coefficient (Wildman–Crippen LogP) is 5.00. The summed E-state index contributed by atoms with van der Waals surface area (Å²) < 4.78 is 13.2. The highest BCUT2D eigenvalue weighted by molar-refractivity contribution is 5.29. The van der Waals surface area contributed by atoms with Gasteiger partial charge in [0.25, 0.3) is 0 Å². The van der Waals surface area contributed by atoms with Crippen LogP contribution in [0, 0.1) is 18.7 Å². The van der Waals surface area contributed by atoms with Gasteiger partial charge in [-0.25, -0.2) is 4.39 Å². The van der Waals surface area contributed by atoms with Gasteiger partial charge in [-0.15, -0.1) is 0 Å². The summed E-state index contributed by atoms with van der Waals surface area (Å²) in [6, 6.07) is 5.47. The van der Waals surface area contributed by atoms with Crippen molar-refractivity contribution >= 4 is 0 Å². The van der Waals surface area contributed by atoms with Crippen LogP contribution in [0.4, 0.5) is 4.39 Å². The van der Waals surface area contributed by atoms with Crippen molar-refractivity contribution in [1.82, 2.24) is 5.32 Å². The van der Waals surface area contributed by atoms with Gasteiger partial charge in [0.2, 0.25) is 0 Å². The molecule has 0 spiro atoms. The molecule has 19 heavy (non-hydrogen) atoms. The van der Waals surface area contributed by atoms with E-state index in [0.717, 1.165) is 17.9 Å². The summed E-state index contributed by atoms with van der Waals surface area (Å²) in [5.74, 6) is 0.607. The van der Waals surface area contributed by atoms with Crippen molar-refractivity contribution in [3.8, 4) is 0 Å². The molecular weight excluding hydrogens is 237 g/mol. The monoisotopic (exact) mass is 265 g/mol. The second kappa shape index (κ2) is 8.31. The molecular formula is C17H28FN. The summed E-state index contributed by atoms with van der Waals surface area (Å²) in [5, 5.41) is 3.40. The summed E-state index contributed by atoms with van der Waals surface area (Å²) in [6.45, 7) is 6.51. The Bertz CT molecular complexity index is 376. The third-order valence-electron chi connectivity index (χ3n) is 4.07. The van der Waals surface area contributed by atoms with Crippen LogP contribution < -0.4 is 5.32 Å². The Balaban J connectivity index is 2.76. The van der Waals surface area contributed by atoms with Gasteiger partial charge in [-0.2, -0.15) is 0 Å². The van der Waals surface area contributed by atoms with E-state index in [0.29, 0.717) is 6.04 Å². The molecule has 1 aromatic carbocycles. The fraction of sp³-hybridized carbons (Fsp3) is 0.647. The van der Waals surface area contributed by atoms with Crippen LogP contribution in [0.25, 0.3) is 0 Å². The van der Waals surface area contributed by atoms with E-state index in [-0.39, 0.29) is 5.82 Å². The van der Waals surface area contributed by atoms with E-state index >= 15 is 0 Å². The standard InChI is InChI=1S/C17H28FN/c1-5-7-8-14(6-2)12-17(19-4)16-10-9-15(18)11-13(16)3/h9-11,14,17,19H,5-8,12H2,1-4H3. The van der Waals surface area contributed by atoms with Crippen LogP contribution in [0.5, 0.6) is 0 Å². The first-order valence-electron chi connectivity index (χ1n) is 7.55. The lowest BCUT2D eigenvalue weighted by Gasteiger charge is -2.24. The second-order valence-electron chi connectivity index (χ2n) is 5.49. The summed E-state index contributed by atoms with van der Waals surface area (Å²) in [7, 11) is 2.00. The van der Waals surface area contributed by atoms with Gasteiger partial charge in [0.1, 0.15) is 5.82 Å². The number of halogens is 1. The van der Waals surface area contributed by atoms with Gasteiger partial charge >= 0.3 is 0 Å². The first-order chi connectivity index (χ1) is 9.12. The van der Waals surface area contributed by atoms with Gasteiger partial charge in [-0.05, 0) is 49.6 Å². The molecule has 0 aliphatic rings. The van der Waals surface area contributed by atoms with Crippen molar-refractivity contribution in [3.05, 3.63) is 35.1 Å². The van der Waals surface area contributed by atoms with Crippen LogP contribution in [0.3, 0.4) is 0 Å². The van der Waals surface area contributed by atoms with E-state index in [1.165, 1.54) is 31.2 Å². The number of hydrogen-bond donors (Lipinski definition) is 1. The Morgan fingerprint density at radius 1 is 1.26 bits per heavy atom. The second-order valence-corrected chi connectivity index (χ2v) is 5.49. The molecule has 2 atom stereocenters. The lowest BCUT2D eigenvalue weighted by atomic mass is 9.88. The summed E-state index contributed by atoms with van der Waals surface area (Å²) in [5.41, 5.74) is 2.28. The van der Waals surface area contributed by atoms with E-state index in [1.54, 1.807) is 12.1 Å². The zero-order valence-electron chi connectivity index (χ0n) is 12.8. The SMILES string of the molecule is CCCCC(CC)CC(NC)c1ccc(F)cc1C. The first-order valence-corrected chi connectivity index (χ1v) is 7.55.